The Labute approximate surface area is 131 Å². The molecule has 7 nitrogen and oxygen atoms in total. The van der Waals surface area contributed by atoms with Gasteiger partial charge in [-0.05, 0) is 19.8 Å². The Bertz CT molecular complexity index is 736. The molecule has 2 aromatic heterocycles. The third-order valence-corrected chi connectivity index (χ3v) is 3.89. The average Bonchev–Trinajstić information content (AvgIpc) is 2.79. The van der Waals surface area contributed by atoms with Gasteiger partial charge in [-0.3, -0.25) is 9.78 Å². The van der Waals surface area contributed by atoms with Gasteiger partial charge in [0.25, 0.3) is 5.56 Å². The summed E-state index contributed by atoms with van der Waals surface area (Å²) in [6, 6.07) is 1.47. The minimum absolute atomic E-state index is 0.135. The maximum Gasteiger partial charge on any atom is 0.350 e. The fourth-order valence-corrected chi connectivity index (χ4v) is 2.63. The van der Waals surface area contributed by atoms with Crippen LogP contribution in [0.25, 0.3) is 0 Å². The smallest absolute Gasteiger partial charge is 0.350 e. The Hall–Kier alpha value is -2.22. The van der Waals surface area contributed by atoms with E-state index < -0.39 is 5.97 Å². The van der Waals surface area contributed by atoms with Crippen molar-refractivity contribution < 1.29 is 9.53 Å². The van der Waals surface area contributed by atoms with E-state index in [2.05, 4.69) is 20.3 Å². The second-order valence-corrected chi connectivity index (χ2v) is 5.95. The molecule has 0 saturated heterocycles. The first-order valence-corrected chi connectivity index (χ1v) is 7.75. The Morgan fingerprint density at radius 1 is 1.45 bits per heavy atom. The van der Waals surface area contributed by atoms with Crippen molar-refractivity contribution in [2.45, 2.75) is 33.6 Å². The summed E-state index contributed by atoms with van der Waals surface area (Å²) < 4.78 is 4.97. The molecule has 2 aromatic rings. The van der Waals surface area contributed by atoms with Crippen LogP contribution in [0.5, 0.6) is 0 Å². The minimum atomic E-state index is -0.400. The number of ether oxygens (including phenoxy) is 1. The van der Waals surface area contributed by atoms with Crippen LogP contribution in [0, 0.1) is 6.92 Å². The number of anilines is 2. The van der Waals surface area contributed by atoms with Crippen molar-refractivity contribution >= 4 is 28.4 Å². The van der Waals surface area contributed by atoms with Gasteiger partial charge in [0.2, 0.25) is 5.95 Å². The van der Waals surface area contributed by atoms with Gasteiger partial charge in [0.1, 0.15) is 4.88 Å². The van der Waals surface area contributed by atoms with E-state index in [1.54, 1.807) is 13.8 Å². The third-order valence-electron chi connectivity index (χ3n) is 2.84. The highest BCUT2D eigenvalue weighted by Gasteiger charge is 2.17. The fourth-order valence-electron chi connectivity index (χ4n) is 1.77. The molecule has 0 radical (unpaired) electrons. The first-order chi connectivity index (χ1) is 10.4. The van der Waals surface area contributed by atoms with Crippen molar-refractivity contribution in [1.82, 2.24) is 15.0 Å². The molecule has 0 fully saturated rings. The van der Waals surface area contributed by atoms with Crippen molar-refractivity contribution in [2.24, 2.45) is 0 Å². The minimum Gasteiger partial charge on any atom is -0.462 e. The first kappa shape index (κ1) is 16.2. The molecule has 0 atom stereocenters. The van der Waals surface area contributed by atoms with Crippen molar-refractivity contribution in [3.05, 3.63) is 32.7 Å². The zero-order valence-corrected chi connectivity index (χ0v) is 13.7. The van der Waals surface area contributed by atoms with Crippen molar-refractivity contribution in [1.29, 1.82) is 0 Å². The van der Waals surface area contributed by atoms with E-state index in [0.29, 0.717) is 34.0 Å². The second kappa shape index (κ2) is 6.69. The molecule has 2 rings (SSSR count). The number of aromatic amines is 1. The van der Waals surface area contributed by atoms with Crippen LogP contribution in [-0.2, 0) is 4.74 Å². The molecule has 0 saturated carbocycles. The van der Waals surface area contributed by atoms with Gasteiger partial charge >= 0.3 is 5.97 Å². The highest BCUT2D eigenvalue weighted by molar-refractivity contribution is 7.17. The molecule has 0 amide bonds. The summed E-state index contributed by atoms with van der Waals surface area (Å²) in [7, 11) is 0. The average molecular weight is 322 g/mol. The standard InChI is InChI=1S/C14H18N4O3S/c1-5-21-12(20)11-8(4)15-14(22-11)18-13-16-9(7(2)3)6-10(19)17-13/h6-7H,5H2,1-4H3,(H2,15,16,17,18,19). The van der Waals surface area contributed by atoms with Crippen LogP contribution in [0.3, 0.4) is 0 Å². The maximum atomic E-state index is 11.8. The molecule has 0 aliphatic heterocycles. The van der Waals surface area contributed by atoms with Gasteiger partial charge in [-0.15, -0.1) is 0 Å². The van der Waals surface area contributed by atoms with Gasteiger partial charge in [-0.2, -0.15) is 0 Å². The number of aromatic nitrogens is 3. The molecule has 0 bridgehead atoms. The van der Waals surface area contributed by atoms with Crippen LogP contribution in [0.4, 0.5) is 11.1 Å². The second-order valence-electron chi connectivity index (χ2n) is 4.95. The van der Waals surface area contributed by atoms with Crippen LogP contribution in [0.2, 0.25) is 0 Å². The summed E-state index contributed by atoms with van der Waals surface area (Å²) in [5.74, 6) is 0.0410. The summed E-state index contributed by atoms with van der Waals surface area (Å²) in [5.41, 5.74) is 1.03. The van der Waals surface area contributed by atoms with Crippen LogP contribution in [0.15, 0.2) is 10.9 Å². The summed E-state index contributed by atoms with van der Waals surface area (Å²) in [6.07, 6.45) is 0. The molecule has 22 heavy (non-hydrogen) atoms. The number of H-pyrrole nitrogens is 1. The van der Waals surface area contributed by atoms with Gasteiger partial charge < -0.3 is 10.1 Å². The summed E-state index contributed by atoms with van der Waals surface area (Å²) >= 11 is 1.16. The zero-order valence-electron chi connectivity index (χ0n) is 12.9. The molecular formula is C14H18N4O3S. The van der Waals surface area contributed by atoms with Gasteiger partial charge in [0.15, 0.2) is 5.13 Å². The lowest BCUT2D eigenvalue weighted by molar-refractivity contribution is 0.0531. The Morgan fingerprint density at radius 3 is 2.82 bits per heavy atom. The first-order valence-electron chi connectivity index (χ1n) is 6.93. The largest absolute Gasteiger partial charge is 0.462 e. The lowest BCUT2D eigenvalue weighted by atomic mass is 10.1. The van der Waals surface area contributed by atoms with Crippen LogP contribution in [-0.4, -0.2) is 27.5 Å². The van der Waals surface area contributed by atoms with E-state index in [0.717, 1.165) is 11.3 Å². The molecule has 0 aliphatic carbocycles. The van der Waals surface area contributed by atoms with Gasteiger partial charge in [-0.1, -0.05) is 25.2 Å². The van der Waals surface area contributed by atoms with E-state index in [4.69, 9.17) is 4.74 Å². The van der Waals surface area contributed by atoms with Crippen LogP contribution < -0.4 is 10.9 Å². The monoisotopic (exact) mass is 322 g/mol. The number of hydrogen-bond acceptors (Lipinski definition) is 7. The fraction of sp³-hybridized carbons (Fsp3) is 0.429. The molecule has 0 unspecified atom stereocenters. The van der Waals surface area contributed by atoms with E-state index in [-0.39, 0.29) is 11.5 Å². The van der Waals surface area contributed by atoms with E-state index >= 15 is 0 Å². The van der Waals surface area contributed by atoms with Gasteiger partial charge in [-0.25, -0.2) is 14.8 Å². The van der Waals surface area contributed by atoms with Gasteiger partial charge in [0, 0.05) is 6.07 Å². The van der Waals surface area contributed by atoms with E-state index in [1.165, 1.54) is 6.07 Å². The number of hydrogen-bond donors (Lipinski definition) is 2. The number of nitrogens with zero attached hydrogens (tertiary/aromatic N) is 2. The van der Waals surface area contributed by atoms with Crippen molar-refractivity contribution in [2.75, 3.05) is 11.9 Å². The molecule has 2 N–H and O–H groups in total. The molecule has 0 aromatic carbocycles. The lowest BCUT2D eigenvalue weighted by Crippen LogP contribution is -2.12. The predicted molar refractivity (Wildman–Crippen MR) is 85.0 cm³/mol. The number of nitrogens with one attached hydrogen (secondary N) is 2. The summed E-state index contributed by atoms with van der Waals surface area (Å²) in [6.45, 7) is 7.70. The number of aryl methyl sites for hydroxylation is 1. The maximum absolute atomic E-state index is 11.8. The SMILES string of the molecule is CCOC(=O)c1sc(Nc2nc(C(C)C)cc(=O)[nH]2)nc1C. The lowest BCUT2D eigenvalue weighted by Gasteiger charge is -2.06. The molecular weight excluding hydrogens is 304 g/mol. The van der Waals surface area contributed by atoms with Crippen LogP contribution >= 0.6 is 11.3 Å². The summed E-state index contributed by atoms with van der Waals surface area (Å²) in [5, 5.41) is 3.41. The molecule has 2 heterocycles. The molecule has 0 spiro atoms. The molecule has 118 valence electrons. The van der Waals surface area contributed by atoms with E-state index in [9.17, 15) is 9.59 Å². The topological polar surface area (TPSA) is 97.0 Å². The third kappa shape index (κ3) is 3.70. The normalized spacial score (nSPS) is 10.8. The highest BCUT2D eigenvalue weighted by Crippen LogP contribution is 2.25. The Balaban J connectivity index is 2.26. The van der Waals surface area contributed by atoms with Crippen molar-refractivity contribution in [3.8, 4) is 0 Å². The Kier molecular flexibility index (Phi) is 4.92. The number of carbonyl (C=O) groups excluding carboxylic acids is 1. The quantitative estimate of drug-likeness (QED) is 0.821. The highest BCUT2D eigenvalue weighted by atomic mass is 32.1. The number of carbonyl (C=O) groups is 1. The van der Waals surface area contributed by atoms with Gasteiger partial charge in [0.05, 0.1) is 18.0 Å². The van der Waals surface area contributed by atoms with Crippen molar-refractivity contribution in [3.63, 3.8) is 0 Å². The predicted octanol–water partition coefficient (Wildman–Crippen LogP) is 2.58. The summed E-state index contributed by atoms with van der Waals surface area (Å²) in [4.78, 5) is 35.1. The Morgan fingerprint density at radius 2 is 2.18 bits per heavy atom. The number of thiazole rings is 1. The number of rotatable bonds is 5. The molecule has 8 heteroatoms. The van der Waals surface area contributed by atoms with E-state index in [1.807, 2.05) is 13.8 Å². The number of esters is 1. The zero-order chi connectivity index (χ0) is 16.3. The molecule has 0 aliphatic rings. The van der Waals surface area contributed by atoms with Crippen LogP contribution in [0.1, 0.15) is 47.7 Å².